The molecule has 0 radical (unpaired) electrons. The van der Waals surface area contributed by atoms with Crippen LogP contribution in [0.3, 0.4) is 0 Å². The first-order valence-corrected chi connectivity index (χ1v) is 11.3. The lowest BCUT2D eigenvalue weighted by Crippen LogP contribution is -2.45. The number of benzene rings is 1. The molecule has 1 unspecified atom stereocenters. The van der Waals surface area contributed by atoms with Crippen molar-refractivity contribution in [3.05, 3.63) is 82.3 Å². The normalized spacial score (nSPS) is 16.0. The SMILES string of the molecule is O=C(NCc1cccc(OCc2ccccn2)c1)C1CCCN(C(=O)c2cccs2)C1. The van der Waals surface area contributed by atoms with E-state index in [-0.39, 0.29) is 17.7 Å². The number of hydrogen-bond acceptors (Lipinski definition) is 5. The molecule has 1 aliphatic rings. The van der Waals surface area contributed by atoms with E-state index in [9.17, 15) is 9.59 Å². The summed E-state index contributed by atoms with van der Waals surface area (Å²) < 4.78 is 5.81. The Morgan fingerprint density at radius 2 is 2.10 bits per heavy atom. The van der Waals surface area contributed by atoms with Crippen LogP contribution in [0.5, 0.6) is 5.75 Å². The minimum Gasteiger partial charge on any atom is -0.487 e. The quantitative estimate of drug-likeness (QED) is 0.611. The molecule has 3 aromatic rings. The fourth-order valence-corrected chi connectivity index (χ4v) is 4.34. The number of carbonyl (C=O) groups is 2. The lowest BCUT2D eigenvalue weighted by Gasteiger charge is -2.31. The first-order chi connectivity index (χ1) is 15.2. The number of rotatable bonds is 7. The molecule has 0 aliphatic carbocycles. The second-order valence-corrected chi connectivity index (χ2v) is 8.49. The zero-order valence-electron chi connectivity index (χ0n) is 17.2. The van der Waals surface area contributed by atoms with Crippen LogP contribution in [-0.2, 0) is 17.9 Å². The van der Waals surface area contributed by atoms with Crippen molar-refractivity contribution in [2.75, 3.05) is 13.1 Å². The number of amides is 2. The topological polar surface area (TPSA) is 71.5 Å². The predicted octanol–water partition coefficient (Wildman–Crippen LogP) is 3.89. The number of thiophene rings is 1. The van der Waals surface area contributed by atoms with Crippen molar-refractivity contribution in [1.29, 1.82) is 0 Å². The molecule has 1 saturated heterocycles. The molecule has 31 heavy (non-hydrogen) atoms. The van der Waals surface area contributed by atoms with Crippen LogP contribution in [0.25, 0.3) is 0 Å². The smallest absolute Gasteiger partial charge is 0.263 e. The van der Waals surface area contributed by atoms with E-state index in [0.717, 1.165) is 34.7 Å². The lowest BCUT2D eigenvalue weighted by atomic mass is 9.97. The Hall–Kier alpha value is -3.19. The van der Waals surface area contributed by atoms with Gasteiger partial charge in [0.15, 0.2) is 0 Å². The van der Waals surface area contributed by atoms with Crippen LogP contribution >= 0.6 is 11.3 Å². The number of nitrogens with one attached hydrogen (secondary N) is 1. The summed E-state index contributed by atoms with van der Waals surface area (Å²) in [5.41, 5.74) is 1.83. The van der Waals surface area contributed by atoms with Crippen molar-refractivity contribution >= 4 is 23.2 Å². The Morgan fingerprint density at radius 3 is 2.90 bits per heavy atom. The molecule has 3 heterocycles. The Balaban J connectivity index is 1.28. The van der Waals surface area contributed by atoms with Crippen LogP contribution in [-0.4, -0.2) is 34.8 Å². The van der Waals surface area contributed by atoms with Gasteiger partial charge in [0, 0.05) is 25.8 Å². The molecular formula is C24H25N3O3S. The van der Waals surface area contributed by atoms with Gasteiger partial charge in [-0.15, -0.1) is 11.3 Å². The molecule has 1 fully saturated rings. The van der Waals surface area contributed by atoms with Gasteiger partial charge in [0.25, 0.3) is 5.91 Å². The van der Waals surface area contributed by atoms with E-state index in [4.69, 9.17) is 4.74 Å². The van der Waals surface area contributed by atoms with Crippen LogP contribution in [0.2, 0.25) is 0 Å². The molecule has 1 aliphatic heterocycles. The highest BCUT2D eigenvalue weighted by Crippen LogP contribution is 2.21. The van der Waals surface area contributed by atoms with E-state index in [1.807, 2.05) is 60.0 Å². The van der Waals surface area contributed by atoms with Crippen LogP contribution in [0.1, 0.15) is 33.8 Å². The maximum Gasteiger partial charge on any atom is 0.263 e. The standard InChI is InChI=1S/C24H25N3O3S/c28-23(19-7-4-12-27(16-19)24(29)22-10-5-13-31-22)26-15-18-6-3-9-21(14-18)30-17-20-8-1-2-11-25-20/h1-3,5-6,8-11,13-14,19H,4,7,12,15-17H2,(H,26,28). The van der Waals surface area contributed by atoms with Gasteiger partial charge in [-0.1, -0.05) is 24.3 Å². The Kier molecular flexibility index (Phi) is 6.94. The Labute approximate surface area is 185 Å². The van der Waals surface area contributed by atoms with E-state index in [2.05, 4.69) is 10.3 Å². The second kappa shape index (κ2) is 10.2. The molecule has 4 rings (SSSR count). The molecule has 160 valence electrons. The van der Waals surface area contributed by atoms with Gasteiger partial charge >= 0.3 is 0 Å². The van der Waals surface area contributed by atoms with Gasteiger partial charge in [-0.3, -0.25) is 14.6 Å². The molecule has 1 N–H and O–H groups in total. The van der Waals surface area contributed by atoms with Crippen molar-refractivity contribution in [1.82, 2.24) is 15.2 Å². The van der Waals surface area contributed by atoms with Gasteiger partial charge in [0.1, 0.15) is 12.4 Å². The van der Waals surface area contributed by atoms with E-state index < -0.39 is 0 Å². The molecule has 7 heteroatoms. The van der Waals surface area contributed by atoms with E-state index >= 15 is 0 Å². The molecule has 0 spiro atoms. The lowest BCUT2D eigenvalue weighted by molar-refractivity contribution is -0.126. The van der Waals surface area contributed by atoms with E-state index in [0.29, 0.717) is 26.2 Å². The number of carbonyl (C=O) groups excluding carboxylic acids is 2. The van der Waals surface area contributed by atoms with Crippen molar-refractivity contribution in [2.45, 2.75) is 26.0 Å². The fraction of sp³-hybridized carbons (Fsp3) is 0.292. The molecule has 0 bridgehead atoms. The number of aromatic nitrogens is 1. The summed E-state index contributed by atoms with van der Waals surface area (Å²) in [7, 11) is 0. The number of nitrogens with zero attached hydrogens (tertiary/aromatic N) is 2. The van der Waals surface area contributed by atoms with Crippen LogP contribution in [0, 0.1) is 5.92 Å². The van der Waals surface area contributed by atoms with Gasteiger partial charge < -0.3 is 15.0 Å². The number of piperidine rings is 1. The largest absolute Gasteiger partial charge is 0.487 e. The number of pyridine rings is 1. The molecule has 0 saturated carbocycles. The molecular weight excluding hydrogens is 410 g/mol. The van der Waals surface area contributed by atoms with Gasteiger partial charge in [0.05, 0.1) is 16.5 Å². The maximum atomic E-state index is 12.7. The molecule has 2 aromatic heterocycles. The average Bonchev–Trinajstić information content (AvgIpc) is 3.37. The van der Waals surface area contributed by atoms with Gasteiger partial charge in [-0.05, 0) is 54.1 Å². The predicted molar refractivity (Wildman–Crippen MR) is 120 cm³/mol. The zero-order valence-corrected chi connectivity index (χ0v) is 18.0. The van der Waals surface area contributed by atoms with Crippen molar-refractivity contribution < 1.29 is 14.3 Å². The highest BCUT2D eigenvalue weighted by atomic mass is 32.1. The Bertz CT molecular complexity index is 1010. The van der Waals surface area contributed by atoms with Gasteiger partial charge in [-0.2, -0.15) is 0 Å². The van der Waals surface area contributed by atoms with Crippen LogP contribution in [0.15, 0.2) is 66.2 Å². The van der Waals surface area contributed by atoms with Crippen LogP contribution < -0.4 is 10.1 Å². The summed E-state index contributed by atoms with van der Waals surface area (Å²) in [6.07, 6.45) is 3.38. The summed E-state index contributed by atoms with van der Waals surface area (Å²) >= 11 is 1.44. The average molecular weight is 436 g/mol. The monoisotopic (exact) mass is 435 g/mol. The van der Waals surface area contributed by atoms with Crippen molar-refractivity contribution in [2.24, 2.45) is 5.92 Å². The zero-order chi connectivity index (χ0) is 21.5. The third-order valence-electron chi connectivity index (χ3n) is 5.29. The minimum atomic E-state index is -0.179. The molecule has 1 aromatic carbocycles. The first kappa shape index (κ1) is 21.1. The third-order valence-corrected chi connectivity index (χ3v) is 6.15. The maximum absolute atomic E-state index is 12.7. The minimum absolute atomic E-state index is 0.0107. The summed E-state index contributed by atoms with van der Waals surface area (Å²) in [5, 5.41) is 4.92. The highest BCUT2D eigenvalue weighted by molar-refractivity contribution is 7.12. The van der Waals surface area contributed by atoms with E-state index in [1.54, 1.807) is 11.1 Å². The highest BCUT2D eigenvalue weighted by Gasteiger charge is 2.29. The summed E-state index contributed by atoms with van der Waals surface area (Å²) in [4.78, 5) is 32.1. The van der Waals surface area contributed by atoms with Crippen molar-refractivity contribution in [3.63, 3.8) is 0 Å². The molecule has 6 nitrogen and oxygen atoms in total. The number of likely N-dealkylation sites (tertiary alicyclic amines) is 1. The number of hydrogen-bond donors (Lipinski definition) is 1. The molecule has 2 amide bonds. The van der Waals surface area contributed by atoms with Gasteiger partial charge in [-0.25, -0.2) is 0 Å². The fourth-order valence-electron chi connectivity index (χ4n) is 3.65. The summed E-state index contributed by atoms with van der Waals surface area (Å²) in [6, 6.07) is 17.1. The van der Waals surface area contributed by atoms with E-state index in [1.165, 1.54) is 11.3 Å². The number of ether oxygens (including phenoxy) is 1. The van der Waals surface area contributed by atoms with Crippen molar-refractivity contribution in [3.8, 4) is 5.75 Å². The third kappa shape index (κ3) is 5.70. The van der Waals surface area contributed by atoms with Crippen LogP contribution in [0.4, 0.5) is 0 Å². The summed E-state index contributed by atoms with van der Waals surface area (Å²) in [6.45, 7) is 1.99. The second-order valence-electron chi connectivity index (χ2n) is 7.54. The Morgan fingerprint density at radius 1 is 1.16 bits per heavy atom. The van der Waals surface area contributed by atoms with Gasteiger partial charge in [0.2, 0.25) is 5.91 Å². The first-order valence-electron chi connectivity index (χ1n) is 10.4. The molecule has 1 atom stereocenters. The summed E-state index contributed by atoms with van der Waals surface area (Å²) in [5.74, 6) is 0.567.